The number of carbonyl (C=O) groups excluding carboxylic acids is 6. The SMILES string of the molecule is CCOC(=O)[C@H](Cc1ccc(O)cc1)NC(=O)CCC(=O)OCC(=O)[C@@]1(O)CC[C@H]2[C@@H]3CCC4=CC(=O)CC[C@]4(C)[C@H]3C(=O)C[C@@]21C. The molecule has 3 N–H and O–H groups in total. The topological polar surface area (TPSA) is 173 Å². The summed E-state index contributed by atoms with van der Waals surface area (Å²) in [6.07, 6.45) is 4.44. The Balaban J connectivity index is 1.16. The molecule has 0 unspecified atom stereocenters. The zero-order chi connectivity index (χ0) is 34.1. The second-order valence-corrected chi connectivity index (χ2v) is 14.1. The summed E-state index contributed by atoms with van der Waals surface area (Å²) in [7, 11) is 0. The summed E-state index contributed by atoms with van der Waals surface area (Å²) >= 11 is 0. The van der Waals surface area contributed by atoms with Gasteiger partial charge in [-0.15, -0.1) is 0 Å². The Hall–Kier alpha value is -3.86. The monoisotopic (exact) mass is 651 g/mol. The molecule has 0 saturated heterocycles. The van der Waals surface area contributed by atoms with Crippen LogP contribution in [0.15, 0.2) is 35.9 Å². The molecule has 3 fully saturated rings. The molecule has 11 heteroatoms. The zero-order valence-corrected chi connectivity index (χ0v) is 27.3. The lowest BCUT2D eigenvalue weighted by Gasteiger charge is -2.57. The number of esters is 2. The van der Waals surface area contributed by atoms with Crippen molar-refractivity contribution in [2.24, 2.45) is 28.6 Å². The number of aromatic hydroxyl groups is 1. The van der Waals surface area contributed by atoms with Crippen LogP contribution in [0, 0.1) is 28.6 Å². The van der Waals surface area contributed by atoms with E-state index in [1.807, 2.05) is 0 Å². The minimum absolute atomic E-state index is 0.00744. The van der Waals surface area contributed by atoms with Gasteiger partial charge in [0.05, 0.1) is 13.0 Å². The van der Waals surface area contributed by atoms with Crippen LogP contribution in [0.1, 0.15) is 84.1 Å². The Bertz CT molecular complexity index is 1480. The van der Waals surface area contributed by atoms with Crippen molar-refractivity contribution in [3.8, 4) is 5.75 Å². The molecule has 1 amide bonds. The summed E-state index contributed by atoms with van der Waals surface area (Å²) in [6.45, 7) is 4.97. The number of Topliss-reactive ketones (excluding diaryl/α,β-unsaturated/α-hetero) is 2. The van der Waals surface area contributed by atoms with E-state index in [1.165, 1.54) is 12.1 Å². The van der Waals surface area contributed by atoms with Gasteiger partial charge in [0.2, 0.25) is 11.7 Å². The highest BCUT2D eigenvalue weighted by atomic mass is 16.5. The first-order chi connectivity index (χ1) is 22.2. The van der Waals surface area contributed by atoms with Crippen LogP contribution >= 0.6 is 0 Å². The van der Waals surface area contributed by atoms with Gasteiger partial charge in [-0.3, -0.25) is 24.0 Å². The molecule has 4 aliphatic carbocycles. The Labute approximate surface area is 274 Å². The van der Waals surface area contributed by atoms with Gasteiger partial charge in [0.25, 0.3) is 0 Å². The van der Waals surface area contributed by atoms with E-state index in [1.54, 1.807) is 32.1 Å². The molecule has 0 aromatic heterocycles. The molecule has 1 aromatic rings. The second-order valence-electron chi connectivity index (χ2n) is 14.1. The molecule has 0 bridgehead atoms. The Morgan fingerprint density at radius 3 is 2.43 bits per heavy atom. The molecule has 0 radical (unpaired) electrons. The lowest BCUT2D eigenvalue weighted by atomic mass is 9.46. The van der Waals surface area contributed by atoms with Gasteiger partial charge in [-0.1, -0.05) is 31.6 Å². The lowest BCUT2D eigenvalue weighted by Crippen LogP contribution is -2.61. The summed E-state index contributed by atoms with van der Waals surface area (Å²) < 4.78 is 10.3. The Morgan fingerprint density at radius 1 is 1.00 bits per heavy atom. The molecular formula is C36H45NO10. The van der Waals surface area contributed by atoms with E-state index in [-0.39, 0.29) is 79.2 Å². The minimum Gasteiger partial charge on any atom is -0.508 e. The average molecular weight is 652 g/mol. The second kappa shape index (κ2) is 13.3. The molecule has 1 aromatic carbocycles. The molecule has 11 nitrogen and oxygen atoms in total. The standard InChI is InChI=1S/C36H45NO10/c1-4-46-33(44)27(17-21-5-8-23(38)9-6-21)37-30(42)11-12-31(43)47-20-29(41)36(45)16-14-26-25-10-7-22-18-24(39)13-15-34(22,2)32(25)28(40)19-35(26,36)3/h5-6,8-9,18,25-27,32,38,45H,4,7,10-17,19-20H2,1-3H3,(H,37,42)/t25-,26-,27-,32+,34-,35-,36-/m0/s1. The molecule has 5 rings (SSSR count). The highest BCUT2D eigenvalue weighted by Gasteiger charge is 2.68. The molecule has 47 heavy (non-hydrogen) atoms. The van der Waals surface area contributed by atoms with Gasteiger partial charge in [-0.25, -0.2) is 4.79 Å². The van der Waals surface area contributed by atoms with Crippen LogP contribution < -0.4 is 5.32 Å². The first kappa shape index (κ1) is 34.5. The van der Waals surface area contributed by atoms with Gasteiger partial charge in [0.15, 0.2) is 12.4 Å². The van der Waals surface area contributed by atoms with Gasteiger partial charge in [0.1, 0.15) is 23.2 Å². The number of phenols is 1. The van der Waals surface area contributed by atoms with Crippen molar-refractivity contribution < 1.29 is 48.5 Å². The lowest BCUT2D eigenvalue weighted by molar-refractivity contribution is -0.173. The number of fused-ring (bicyclic) bond motifs is 5. The van der Waals surface area contributed by atoms with Crippen LogP contribution in [0.5, 0.6) is 5.75 Å². The largest absolute Gasteiger partial charge is 0.508 e. The van der Waals surface area contributed by atoms with E-state index in [4.69, 9.17) is 9.47 Å². The predicted molar refractivity (Wildman–Crippen MR) is 168 cm³/mol. The summed E-state index contributed by atoms with van der Waals surface area (Å²) in [5.74, 6) is -2.85. The van der Waals surface area contributed by atoms with E-state index >= 15 is 0 Å². The minimum atomic E-state index is -1.84. The fourth-order valence-electron chi connectivity index (χ4n) is 8.97. The first-order valence-electron chi connectivity index (χ1n) is 16.6. The number of phenolic OH excluding ortho intramolecular Hbond substituents is 1. The molecular weight excluding hydrogens is 606 g/mol. The summed E-state index contributed by atoms with van der Waals surface area (Å²) in [4.78, 5) is 77.1. The Morgan fingerprint density at radius 2 is 1.72 bits per heavy atom. The van der Waals surface area contributed by atoms with E-state index in [0.717, 1.165) is 18.4 Å². The van der Waals surface area contributed by atoms with Crippen LogP contribution in [0.2, 0.25) is 0 Å². The predicted octanol–water partition coefficient (Wildman–Crippen LogP) is 3.32. The van der Waals surface area contributed by atoms with Crippen molar-refractivity contribution in [1.82, 2.24) is 5.32 Å². The summed E-state index contributed by atoms with van der Waals surface area (Å²) in [5.41, 5.74) is -1.50. The highest BCUT2D eigenvalue weighted by Crippen LogP contribution is 2.66. The van der Waals surface area contributed by atoms with Crippen LogP contribution in [0.4, 0.5) is 0 Å². The maximum absolute atomic E-state index is 13.8. The van der Waals surface area contributed by atoms with Crippen molar-refractivity contribution in [2.75, 3.05) is 13.2 Å². The normalized spacial score (nSPS) is 31.8. The number of ketones is 3. The number of ether oxygens (including phenoxy) is 2. The van der Waals surface area contributed by atoms with Gasteiger partial charge < -0.3 is 25.0 Å². The molecule has 7 atom stereocenters. The van der Waals surface area contributed by atoms with Crippen molar-refractivity contribution in [1.29, 1.82) is 0 Å². The number of allylic oxidation sites excluding steroid dienone is 1. The van der Waals surface area contributed by atoms with Gasteiger partial charge in [-0.05, 0) is 80.1 Å². The molecule has 4 aliphatic rings. The van der Waals surface area contributed by atoms with Gasteiger partial charge in [-0.2, -0.15) is 0 Å². The van der Waals surface area contributed by atoms with Crippen LogP contribution in [-0.2, 0) is 44.7 Å². The highest BCUT2D eigenvalue weighted by molar-refractivity contribution is 5.95. The van der Waals surface area contributed by atoms with Gasteiger partial charge in [0, 0.05) is 37.0 Å². The molecule has 0 spiro atoms. The fraction of sp³-hybridized carbons (Fsp3) is 0.611. The Kier molecular flexibility index (Phi) is 9.78. The zero-order valence-electron chi connectivity index (χ0n) is 27.3. The van der Waals surface area contributed by atoms with E-state index in [2.05, 4.69) is 12.2 Å². The molecule has 0 aliphatic heterocycles. The number of aliphatic hydroxyl groups is 1. The van der Waals surface area contributed by atoms with Gasteiger partial charge >= 0.3 is 11.9 Å². The smallest absolute Gasteiger partial charge is 0.328 e. The number of hydrogen-bond donors (Lipinski definition) is 3. The van der Waals surface area contributed by atoms with E-state index in [0.29, 0.717) is 24.8 Å². The maximum Gasteiger partial charge on any atom is 0.328 e. The number of nitrogens with one attached hydrogen (secondary N) is 1. The molecule has 0 heterocycles. The van der Waals surface area contributed by atoms with Crippen LogP contribution in [0.3, 0.4) is 0 Å². The van der Waals surface area contributed by atoms with Crippen LogP contribution in [-0.4, -0.2) is 70.3 Å². The maximum atomic E-state index is 13.8. The molecule has 254 valence electrons. The van der Waals surface area contributed by atoms with Crippen LogP contribution in [0.25, 0.3) is 0 Å². The number of carbonyl (C=O) groups is 6. The first-order valence-corrected chi connectivity index (χ1v) is 16.6. The number of rotatable bonds is 11. The van der Waals surface area contributed by atoms with Crippen molar-refractivity contribution in [2.45, 2.75) is 96.6 Å². The van der Waals surface area contributed by atoms with E-state index in [9.17, 15) is 39.0 Å². The third-order valence-corrected chi connectivity index (χ3v) is 11.5. The van der Waals surface area contributed by atoms with E-state index < -0.39 is 47.3 Å². The third kappa shape index (κ3) is 6.51. The number of amides is 1. The molecule has 3 saturated carbocycles. The van der Waals surface area contributed by atoms with Crippen molar-refractivity contribution in [3.63, 3.8) is 0 Å². The van der Waals surface area contributed by atoms with Crippen molar-refractivity contribution in [3.05, 3.63) is 41.5 Å². The summed E-state index contributed by atoms with van der Waals surface area (Å²) in [5, 5.41) is 23.9. The summed E-state index contributed by atoms with van der Waals surface area (Å²) in [6, 6.07) is 5.15. The average Bonchev–Trinajstić information content (AvgIpc) is 3.30. The van der Waals surface area contributed by atoms with Crippen molar-refractivity contribution >= 4 is 35.2 Å². The quantitative estimate of drug-likeness (QED) is 0.301. The number of hydrogen-bond acceptors (Lipinski definition) is 10. The number of benzene rings is 1. The third-order valence-electron chi connectivity index (χ3n) is 11.5. The fourth-order valence-corrected chi connectivity index (χ4v) is 8.97.